The van der Waals surface area contributed by atoms with Crippen LogP contribution in [0.5, 0.6) is 0 Å². The van der Waals surface area contributed by atoms with Crippen molar-refractivity contribution in [2.24, 2.45) is 0 Å². The van der Waals surface area contributed by atoms with Gasteiger partial charge in [-0.05, 0) is 23.6 Å². The van der Waals surface area contributed by atoms with E-state index < -0.39 is 11.7 Å². The van der Waals surface area contributed by atoms with Gasteiger partial charge in [0, 0.05) is 12.1 Å². The van der Waals surface area contributed by atoms with Crippen LogP contribution >= 0.6 is 0 Å². The van der Waals surface area contributed by atoms with E-state index in [-0.39, 0.29) is 25.4 Å². The molecule has 0 fully saturated rings. The highest BCUT2D eigenvalue weighted by atomic mass is 16.5. The molecule has 0 bridgehead atoms. The highest BCUT2D eigenvalue weighted by Crippen LogP contribution is 2.15. The van der Waals surface area contributed by atoms with Crippen molar-refractivity contribution in [3.8, 4) is 0 Å². The van der Waals surface area contributed by atoms with Crippen LogP contribution in [0.4, 0.5) is 0 Å². The van der Waals surface area contributed by atoms with Crippen LogP contribution in [0.1, 0.15) is 42.1 Å². The minimum absolute atomic E-state index is 0.0248. The predicted octanol–water partition coefficient (Wildman–Crippen LogP) is 3.53. The number of Topliss-reactive ketones (excluding diaryl/α,β-unsaturated/α-hetero) is 1. The molecule has 0 aliphatic carbocycles. The van der Waals surface area contributed by atoms with E-state index >= 15 is 0 Å². The second-order valence-corrected chi connectivity index (χ2v) is 6.60. The molecule has 0 aliphatic heterocycles. The molecule has 0 unspecified atom stereocenters. The first-order valence-electron chi connectivity index (χ1n) is 8.83. The summed E-state index contributed by atoms with van der Waals surface area (Å²) in [7, 11) is 0. The lowest BCUT2D eigenvalue weighted by molar-refractivity contribution is -0.142. The van der Waals surface area contributed by atoms with Gasteiger partial charge >= 0.3 is 11.7 Å². The number of rotatable bonds is 7. The van der Waals surface area contributed by atoms with E-state index in [2.05, 4.69) is 13.8 Å². The summed E-state index contributed by atoms with van der Waals surface area (Å²) in [5, 5.41) is 0. The van der Waals surface area contributed by atoms with Crippen molar-refractivity contribution in [2.45, 2.75) is 32.7 Å². The van der Waals surface area contributed by atoms with Crippen molar-refractivity contribution < 1.29 is 18.7 Å². The fourth-order valence-electron chi connectivity index (χ4n) is 2.78. The third kappa shape index (κ3) is 4.34. The van der Waals surface area contributed by atoms with Gasteiger partial charge in [-0.2, -0.15) is 0 Å². The van der Waals surface area contributed by atoms with Crippen molar-refractivity contribution in [1.29, 1.82) is 0 Å². The van der Waals surface area contributed by atoms with Gasteiger partial charge in [-0.25, -0.2) is 4.79 Å². The number of fused-ring (bicyclic) bond motifs is 1. The van der Waals surface area contributed by atoms with Gasteiger partial charge in [0.15, 0.2) is 18.0 Å². The Morgan fingerprint density at radius 2 is 1.78 bits per heavy atom. The van der Waals surface area contributed by atoms with Crippen LogP contribution in [-0.2, 0) is 16.1 Å². The highest BCUT2D eigenvalue weighted by molar-refractivity contribution is 5.97. The quantitative estimate of drug-likeness (QED) is 0.471. The monoisotopic (exact) mass is 367 g/mol. The van der Waals surface area contributed by atoms with E-state index in [4.69, 9.17) is 9.15 Å². The maximum absolute atomic E-state index is 12.1. The van der Waals surface area contributed by atoms with Gasteiger partial charge < -0.3 is 9.15 Å². The normalized spacial score (nSPS) is 11.1. The number of benzene rings is 2. The molecule has 3 aromatic rings. The average Bonchev–Trinajstić information content (AvgIpc) is 2.99. The van der Waals surface area contributed by atoms with Crippen LogP contribution in [0.2, 0.25) is 0 Å². The number of aryl methyl sites for hydroxylation is 1. The summed E-state index contributed by atoms with van der Waals surface area (Å²) in [6, 6.07) is 14.3. The highest BCUT2D eigenvalue weighted by Gasteiger charge is 2.13. The van der Waals surface area contributed by atoms with E-state index in [0.717, 1.165) is 5.56 Å². The molecule has 2 aromatic carbocycles. The number of ether oxygens (including phenoxy) is 1. The molecule has 1 aromatic heterocycles. The number of carbonyl (C=O) groups excluding carboxylic acids is 2. The minimum Gasteiger partial charge on any atom is -0.457 e. The smallest absolute Gasteiger partial charge is 0.419 e. The number of ketones is 1. The summed E-state index contributed by atoms with van der Waals surface area (Å²) in [6.45, 7) is 3.97. The summed E-state index contributed by atoms with van der Waals surface area (Å²) < 4.78 is 11.5. The number of carbonyl (C=O) groups is 2. The number of oxazole rings is 1. The lowest BCUT2D eigenvalue weighted by Gasteiger charge is -2.07. The number of para-hydroxylation sites is 2. The van der Waals surface area contributed by atoms with Gasteiger partial charge in [-0.15, -0.1) is 0 Å². The Hall–Kier alpha value is -3.15. The summed E-state index contributed by atoms with van der Waals surface area (Å²) >= 11 is 0. The molecule has 6 nitrogen and oxygen atoms in total. The van der Waals surface area contributed by atoms with Crippen LogP contribution in [0, 0.1) is 0 Å². The number of hydrogen-bond acceptors (Lipinski definition) is 5. The molecule has 0 radical (unpaired) electrons. The number of esters is 1. The average molecular weight is 367 g/mol. The standard InChI is InChI=1S/C21H21NO5/c1-14(2)15-7-9-16(10-8-15)18(23)13-26-20(24)11-12-22-17-5-3-4-6-19(17)27-21(22)25/h3-10,14H,11-13H2,1-2H3. The third-order valence-corrected chi connectivity index (χ3v) is 4.38. The van der Waals surface area contributed by atoms with Crippen LogP contribution in [0.3, 0.4) is 0 Å². The summed E-state index contributed by atoms with van der Waals surface area (Å²) in [6.07, 6.45) is -0.0248. The van der Waals surface area contributed by atoms with Gasteiger partial charge in [0.05, 0.1) is 11.9 Å². The Kier molecular flexibility index (Phi) is 5.54. The molecular weight excluding hydrogens is 346 g/mol. The number of nitrogens with zero attached hydrogens (tertiary/aromatic N) is 1. The van der Waals surface area contributed by atoms with E-state index in [1.54, 1.807) is 36.4 Å². The zero-order valence-electron chi connectivity index (χ0n) is 15.3. The Bertz CT molecular complexity index is 1010. The van der Waals surface area contributed by atoms with Gasteiger partial charge in [-0.1, -0.05) is 50.2 Å². The molecule has 0 saturated carbocycles. The second-order valence-electron chi connectivity index (χ2n) is 6.60. The van der Waals surface area contributed by atoms with E-state index in [9.17, 15) is 14.4 Å². The van der Waals surface area contributed by atoms with Crippen molar-refractivity contribution >= 4 is 22.9 Å². The molecule has 0 atom stereocenters. The van der Waals surface area contributed by atoms with Gasteiger partial charge in [0.25, 0.3) is 0 Å². The van der Waals surface area contributed by atoms with Crippen LogP contribution in [-0.4, -0.2) is 22.9 Å². The van der Waals surface area contributed by atoms with Crippen LogP contribution < -0.4 is 5.76 Å². The van der Waals surface area contributed by atoms with Crippen molar-refractivity contribution in [1.82, 2.24) is 4.57 Å². The molecule has 0 aliphatic rings. The molecule has 6 heteroatoms. The molecule has 0 amide bonds. The first-order valence-corrected chi connectivity index (χ1v) is 8.83. The Labute approximate surface area is 156 Å². The fourth-order valence-corrected chi connectivity index (χ4v) is 2.78. The first-order chi connectivity index (χ1) is 13.0. The maximum Gasteiger partial charge on any atom is 0.419 e. The van der Waals surface area contributed by atoms with Gasteiger partial charge in [0.2, 0.25) is 0 Å². The molecule has 27 heavy (non-hydrogen) atoms. The Morgan fingerprint density at radius 1 is 1.07 bits per heavy atom. The number of hydrogen-bond donors (Lipinski definition) is 0. The summed E-state index contributed by atoms with van der Waals surface area (Å²) in [4.78, 5) is 36.0. The Morgan fingerprint density at radius 3 is 2.48 bits per heavy atom. The molecule has 0 spiro atoms. The molecule has 1 heterocycles. The van der Waals surface area contributed by atoms with E-state index in [1.165, 1.54) is 4.57 Å². The molecule has 0 N–H and O–H groups in total. The van der Waals surface area contributed by atoms with Crippen molar-refractivity contribution in [3.05, 3.63) is 70.2 Å². The van der Waals surface area contributed by atoms with E-state index in [1.807, 2.05) is 12.1 Å². The van der Waals surface area contributed by atoms with Crippen molar-refractivity contribution in [2.75, 3.05) is 6.61 Å². The topological polar surface area (TPSA) is 78.5 Å². The zero-order valence-corrected chi connectivity index (χ0v) is 15.3. The van der Waals surface area contributed by atoms with Crippen molar-refractivity contribution in [3.63, 3.8) is 0 Å². The van der Waals surface area contributed by atoms with Gasteiger partial charge in [0.1, 0.15) is 0 Å². The van der Waals surface area contributed by atoms with Gasteiger partial charge in [-0.3, -0.25) is 14.2 Å². The Balaban J connectivity index is 1.54. The molecule has 3 rings (SSSR count). The summed E-state index contributed by atoms with van der Waals surface area (Å²) in [5.41, 5.74) is 2.73. The maximum atomic E-state index is 12.1. The van der Waals surface area contributed by atoms with Crippen LogP contribution in [0.15, 0.2) is 57.7 Å². The molecule has 140 valence electrons. The summed E-state index contributed by atoms with van der Waals surface area (Å²) in [5.74, 6) is -0.941. The largest absolute Gasteiger partial charge is 0.457 e. The first kappa shape index (κ1) is 18.6. The second kappa shape index (κ2) is 8.03. The minimum atomic E-state index is -0.542. The lowest BCUT2D eigenvalue weighted by Crippen LogP contribution is -2.19. The predicted molar refractivity (Wildman–Crippen MR) is 101 cm³/mol. The fraction of sp³-hybridized carbons (Fsp3) is 0.286. The molecule has 0 saturated heterocycles. The zero-order chi connectivity index (χ0) is 19.4. The van der Waals surface area contributed by atoms with E-state index in [0.29, 0.717) is 22.6 Å². The van der Waals surface area contributed by atoms with Crippen LogP contribution in [0.25, 0.3) is 11.1 Å². The number of aromatic nitrogens is 1. The lowest BCUT2D eigenvalue weighted by atomic mass is 10.0. The third-order valence-electron chi connectivity index (χ3n) is 4.38. The molecular formula is C21H21NO5. The SMILES string of the molecule is CC(C)c1ccc(C(=O)COC(=O)CCn2c(=O)oc3ccccc32)cc1.